The zero-order chi connectivity index (χ0) is 14.0. The maximum atomic E-state index is 13.1. The van der Waals surface area contributed by atoms with Crippen molar-refractivity contribution < 1.29 is 8.78 Å². The number of nitrogens with zero attached hydrogens (tertiary/aromatic N) is 1. The minimum Gasteiger partial charge on any atom is -0.327 e. The summed E-state index contributed by atoms with van der Waals surface area (Å²) in [6.07, 6.45) is 1.66. The van der Waals surface area contributed by atoms with Crippen molar-refractivity contribution in [3.8, 4) is 0 Å². The van der Waals surface area contributed by atoms with Crippen molar-refractivity contribution in [1.82, 2.24) is 4.90 Å². The number of likely N-dealkylation sites (tertiary alicyclic amines) is 1. The fourth-order valence-electron chi connectivity index (χ4n) is 2.82. The third-order valence-electron chi connectivity index (χ3n) is 4.37. The van der Waals surface area contributed by atoms with E-state index in [4.69, 9.17) is 5.73 Å². The van der Waals surface area contributed by atoms with Crippen LogP contribution in [-0.2, 0) is 6.42 Å². The summed E-state index contributed by atoms with van der Waals surface area (Å²) in [6, 6.07) is 4.41. The van der Waals surface area contributed by atoms with Gasteiger partial charge in [0.15, 0.2) is 0 Å². The first-order chi connectivity index (χ1) is 8.97. The predicted molar refractivity (Wildman–Crippen MR) is 72.9 cm³/mol. The summed E-state index contributed by atoms with van der Waals surface area (Å²) in [5, 5.41) is 0. The van der Waals surface area contributed by atoms with E-state index in [9.17, 15) is 8.78 Å². The van der Waals surface area contributed by atoms with Crippen LogP contribution >= 0.6 is 0 Å². The van der Waals surface area contributed by atoms with Gasteiger partial charge in [-0.2, -0.15) is 0 Å². The molecule has 1 saturated heterocycles. The molecule has 0 aliphatic carbocycles. The Labute approximate surface area is 113 Å². The monoisotopic (exact) mass is 268 g/mol. The lowest BCUT2D eigenvalue weighted by Gasteiger charge is -2.41. The van der Waals surface area contributed by atoms with Gasteiger partial charge in [-0.15, -0.1) is 0 Å². The minimum absolute atomic E-state index is 0.262. The van der Waals surface area contributed by atoms with Crippen LogP contribution in [0.1, 0.15) is 25.8 Å². The largest absolute Gasteiger partial charge is 0.327 e. The van der Waals surface area contributed by atoms with E-state index in [1.165, 1.54) is 12.1 Å². The number of hydrogen-bond donors (Lipinski definition) is 1. The van der Waals surface area contributed by atoms with Crippen LogP contribution in [-0.4, -0.2) is 30.1 Å². The van der Waals surface area contributed by atoms with Crippen LogP contribution in [0.2, 0.25) is 0 Å². The zero-order valence-electron chi connectivity index (χ0n) is 11.6. The molecule has 4 heteroatoms. The maximum absolute atomic E-state index is 13.1. The first-order valence-electron chi connectivity index (χ1n) is 6.92. The Morgan fingerprint density at radius 2 is 1.84 bits per heavy atom. The summed E-state index contributed by atoms with van der Waals surface area (Å²) >= 11 is 0. The number of halogens is 2. The van der Waals surface area contributed by atoms with Crippen LogP contribution in [0, 0.1) is 17.6 Å². The van der Waals surface area contributed by atoms with Crippen molar-refractivity contribution in [3.05, 3.63) is 35.4 Å². The standard InChI is InChI=1S/C15H22F2N2/c1-10-11(2)19(6-4-15(10)18)5-3-12-7-13(16)9-14(17)8-12/h7-11,15H,3-6,18H2,1-2H3. The second kappa shape index (κ2) is 5.97. The van der Waals surface area contributed by atoms with E-state index in [2.05, 4.69) is 18.7 Å². The average Bonchev–Trinajstić information content (AvgIpc) is 2.34. The summed E-state index contributed by atoms with van der Waals surface area (Å²) in [5.74, 6) is -0.549. The molecule has 2 rings (SSSR count). The molecule has 0 aromatic heterocycles. The highest BCUT2D eigenvalue weighted by molar-refractivity contribution is 5.18. The molecule has 3 atom stereocenters. The normalized spacial score (nSPS) is 28.6. The van der Waals surface area contributed by atoms with E-state index in [0.29, 0.717) is 23.9 Å². The fourth-order valence-corrected chi connectivity index (χ4v) is 2.82. The number of piperidine rings is 1. The van der Waals surface area contributed by atoms with Gasteiger partial charge in [-0.1, -0.05) is 6.92 Å². The van der Waals surface area contributed by atoms with E-state index >= 15 is 0 Å². The molecule has 19 heavy (non-hydrogen) atoms. The Hall–Kier alpha value is -1.00. The van der Waals surface area contributed by atoms with Crippen LogP contribution in [0.4, 0.5) is 8.78 Å². The number of hydrogen-bond acceptors (Lipinski definition) is 2. The maximum Gasteiger partial charge on any atom is 0.126 e. The molecule has 2 N–H and O–H groups in total. The third kappa shape index (κ3) is 3.51. The van der Waals surface area contributed by atoms with E-state index in [-0.39, 0.29) is 6.04 Å². The van der Waals surface area contributed by atoms with Gasteiger partial charge in [0, 0.05) is 24.7 Å². The minimum atomic E-state index is -0.503. The van der Waals surface area contributed by atoms with Crippen LogP contribution in [0.25, 0.3) is 0 Å². The molecule has 0 bridgehead atoms. The van der Waals surface area contributed by atoms with Crippen LogP contribution in [0.3, 0.4) is 0 Å². The second-order valence-corrected chi connectivity index (χ2v) is 5.62. The van der Waals surface area contributed by atoms with Gasteiger partial charge in [-0.05, 0) is 49.9 Å². The SMILES string of the molecule is CC1C(N)CCN(CCc2cc(F)cc(F)c2)C1C. The van der Waals surface area contributed by atoms with Crippen molar-refractivity contribution >= 4 is 0 Å². The molecule has 1 aromatic carbocycles. The van der Waals surface area contributed by atoms with E-state index in [1.54, 1.807) is 0 Å². The number of nitrogens with two attached hydrogens (primary N) is 1. The summed E-state index contributed by atoms with van der Waals surface area (Å²) in [6.45, 7) is 6.13. The van der Waals surface area contributed by atoms with E-state index < -0.39 is 11.6 Å². The molecule has 1 heterocycles. The summed E-state index contributed by atoms with van der Waals surface area (Å²) in [5.41, 5.74) is 6.77. The van der Waals surface area contributed by atoms with Crippen LogP contribution in [0.15, 0.2) is 18.2 Å². The van der Waals surface area contributed by atoms with Gasteiger partial charge >= 0.3 is 0 Å². The molecular weight excluding hydrogens is 246 g/mol. The highest BCUT2D eigenvalue weighted by Crippen LogP contribution is 2.22. The highest BCUT2D eigenvalue weighted by atomic mass is 19.1. The average molecular weight is 268 g/mol. The van der Waals surface area contributed by atoms with Crippen molar-refractivity contribution in [2.45, 2.75) is 38.8 Å². The van der Waals surface area contributed by atoms with Gasteiger partial charge in [-0.25, -0.2) is 8.78 Å². The lowest BCUT2D eigenvalue weighted by molar-refractivity contribution is 0.0992. The van der Waals surface area contributed by atoms with Crippen molar-refractivity contribution in [1.29, 1.82) is 0 Å². The molecule has 1 aliphatic heterocycles. The molecule has 106 valence electrons. The summed E-state index contributed by atoms with van der Waals surface area (Å²) in [4.78, 5) is 2.36. The predicted octanol–water partition coefficient (Wildman–Crippen LogP) is 2.56. The molecule has 0 radical (unpaired) electrons. The van der Waals surface area contributed by atoms with Crippen molar-refractivity contribution in [2.75, 3.05) is 13.1 Å². The number of rotatable bonds is 3. The second-order valence-electron chi connectivity index (χ2n) is 5.62. The molecular formula is C15H22F2N2. The quantitative estimate of drug-likeness (QED) is 0.913. The van der Waals surface area contributed by atoms with Gasteiger partial charge < -0.3 is 5.73 Å². The molecule has 0 spiro atoms. The highest BCUT2D eigenvalue weighted by Gasteiger charge is 2.29. The molecule has 3 unspecified atom stereocenters. The lowest BCUT2D eigenvalue weighted by atomic mass is 9.87. The molecule has 1 aliphatic rings. The van der Waals surface area contributed by atoms with Crippen LogP contribution in [0.5, 0.6) is 0 Å². The summed E-state index contributed by atoms with van der Waals surface area (Å²) in [7, 11) is 0. The number of benzene rings is 1. The smallest absolute Gasteiger partial charge is 0.126 e. The first-order valence-corrected chi connectivity index (χ1v) is 6.92. The van der Waals surface area contributed by atoms with Gasteiger partial charge in [0.05, 0.1) is 0 Å². The van der Waals surface area contributed by atoms with Gasteiger partial charge in [0.25, 0.3) is 0 Å². The fraction of sp³-hybridized carbons (Fsp3) is 0.600. The Morgan fingerprint density at radius 1 is 1.21 bits per heavy atom. The lowest BCUT2D eigenvalue weighted by Crippen LogP contribution is -2.52. The van der Waals surface area contributed by atoms with Crippen molar-refractivity contribution in [3.63, 3.8) is 0 Å². The molecule has 0 saturated carbocycles. The summed E-state index contributed by atoms with van der Waals surface area (Å²) < 4.78 is 26.2. The molecule has 1 fully saturated rings. The van der Waals surface area contributed by atoms with Crippen molar-refractivity contribution in [2.24, 2.45) is 11.7 Å². The van der Waals surface area contributed by atoms with Crippen LogP contribution < -0.4 is 5.73 Å². The van der Waals surface area contributed by atoms with E-state index in [1.807, 2.05) is 0 Å². The van der Waals surface area contributed by atoms with E-state index in [0.717, 1.165) is 25.6 Å². The molecule has 0 amide bonds. The zero-order valence-corrected chi connectivity index (χ0v) is 11.6. The Bertz CT molecular complexity index is 416. The topological polar surface area (TPSA) is 29.3 Å². The first kappa shape index (κ1) is 14.4. The Kier molecular flexibility index (Phi) is 4.53. The van der Waals surface area contributed by atoms with Gasteiger partial charge in [-0.3, -0.25) is 4.90 Å². The molecule has 2 nitrogen and oxygen atoms in total. The molecule has 1 aromatic rings. The Morgan fingerprint density at radius 3 is 2.47 bits per heavy atom. The third-order valence-corrected chi connectivity index (χ3v) is 4.37. The van der Waals surface area contributed by atoms with Gasteiger partial charge in [0.1, 0.15) is 11.6 Å². The van der Waals surface area contributed by atoms with Gasteiger partial charge in [0.2, 0.25) is 0 Å². The Balaban J connectivity index is 1.95.